The van der Waals surface area contributed by atoms with Crippen molar-refractivity contribution in [1.82, 2.24) is 14.9 Å². The molecule has 0 aromatic carbocycles. The van der Waals surface area contributed by atoms with Gasteiger partial charge in [0.2, 0.25) is 5.95 Å². The topological polar surface area (TPSA) is 72.8 Å². The predicted molar refractivity (Wildman–Crippen MR) is 84.7 cm³/mol. The maximum atomic E-state index is 13.2. The summed E-state index contributed by atoms with van der Waals surface area (Å²) in [5.41, 5.74) is -0.945. The number of hydrogen-bond acceptors (Lipinski definition) is 6. The van der Waals surface area contributed by atoms with Gasteiger partial charge in [0.15, 0.2) is 5.69 Å². The van der Waals surface area contributed by atoms with Crippen LogP contribution in [-0.2, 0) is 11.0 Å². The number of piperazine rings is 1. The molecule has 2 aliphatic heterocycles. The number of aliphatic carboxylic acids is 1. The maximum Gasteiger partial charge on any atom is 0.433 e. The molecule has 3 rings (SSSR count). The van der Waals surface area contributed by atoms with Gasteiger partial charge in [-0.1, -0.05) is 0 Å². The molecule has 138 valence electrons. The number of anilines is 2. The Hall–Kier alpha value is -2.10. The summed E-state index contributed by atoms with van der Waals surface area (Å²) in [4.78, 5) is 24.1. The van der Waals surface area contributed by atoms with Crippen LogP contribution in [0.2, 0.25) is 0 Å². The highest BCUT2D eigenvalue weighted by Gasteiger charge is 2.36. The van der Waals surface area contributed by atoms with Crippen LogP contribution in [0.5, 0.6) is 0 Å². The first-order chi connectivity index (χ1) is 11.7. The average Bonchev–Trinajstić information content (AvgIpc) is 2.52. The molecule has 2 fully saturated rings. The summed E-state index contributed by atoms with van der Waals surface area (Å²) < 4.78 is 39.6. The molecule has 2 aliphatic rings. The van der Waals surface area contributed by atoms with Crippen LogP contribution in [0.3, 0.4) is 0 Å². The molecule has 1 unspecified atom stereocenters. The number of rotatable bonds is 4. The van der Waals surface area contributed by atoms with E-state index in [9.17, 15) is 18.0 Å². The molecule has 0 spiro atoms. The van der Waals surface area contributed by atoms with Crippen molar-refractivity contribution in [3.63, 3.8) is 0 Å². The molecule has 0 saturated carbocycles. The lowest BCUT2D eigenvalue weighted by Gasteiger charge is -2.40. The third-order valence-electron chi connectivity index (χ3n) is 4.62. The van der Waals surface area contributed by atoms with Gasteiger partial charge in [-0.25, -0.2) is 4.98 Å². The second-order valence-electron chi connectivity index (χ2n) is 6.40. The van der Waals surface area contributed by atoms with Crippen molar-refractivity contribution in [2.24, 2.45) is 0 Å². The van der Waals surface area contributed by atoms with E-state index in [2.05, 4.69) is 9.97 Å². The lowest BCUT2D eigenvalue weighted by atomic mass is 10.1. The zero-order chi connectivity index (χ0) is 18.2. The van der Waals surface area contributed by atoms with E-state index in [-0.39, 0.29) is 24.4 Å². The lowest BCUT2D eigenvalue weighted by molar-refractivity contribution is -0.141. The summed E-state index contributed by atoms with van der Waals surface area (Å²) in [5, 5.41) is 8.82. The largest absolute Gasteiger partial charge is 0.480 e. The highest BCUT2D eigenvalue weighted by Crippen LogP contribution is 2.33. The first kappa shape index (κ1) is 17.7. The van der Waals surface area contributed by atoms with Crippen LogP contribution in [0.25, 0.3) is 0 Å². The van der Waals surface area contributed by atoms with Crippen LogP contribution in [-0.4, -0.2) is 71.3 Å². The minimum absolute atomic E-state index is 0.0675. The van der Waals surface area contributed by atoms with Gasteiger partial charge >= 0.3 is 12.1 Å². The number of carboxylic acid groups (broad SMARTS) is 1. The molecule has 0 aliphatic carbocycles. The molecule has 25 heavy (non-hydrogen) atoms. The van der Waals surface area contributed by atoms with E-state index in [1.54, 1.807) is 14.7 Å². The van der Waals surface area contributed by atoms with Crippen molar-refractivity contribution >= 4 is 17.7 Å². The summed E-state index contributed by atoms with van der Waals surface area (Å²) in [5.74, 6) is -0.563. The van der Waals surface area contributed by atoms with E-state index in [1.807, 2.05) is 6.92 Å². The fraction of sp³-hybridized carbons (Fsp3) is 0.667. The normalized spacial score (nSPS) is 22.0. The van der Waals surface area contributed by atoms with Crippen molar-refractivity contribution in [2.45, 2.75) is 25.6 Å². The van der Waals surface area contributed by atoms with Crippen molar-refractivity contribution in [3.05, 3.63) is 11.8 Å². The molecule has 0 bridgehead atoms. The van der Waals surface area contributed by atoms with Crippen molar-refractivity contribution < 1.29 is 23.1 Å². The van der Waals surface area contributed by atoms with E-state index in [1.165, 1.54) is 0 Å². The third kappa shape index (κ3) is 3.94. The molecule has 3 heterocycles. The Morgan fingerprint density at radius 1 is 1.24 bits per heavy atom. The number of halogens is 3. The van der Waals surface area contributed by atoms with Gasteiger partial charge in [-0.05, 0) is 13.3 Å². The van der Waals surface area contributed by atoms with Crippen molar-refractivity contribution in [3.8, 4) is 0 Å². The molecule has 1 N–H and O–H groups in total. The molecule has 1 atom stereocenters. The van der Waals surface area contributed by atoms with E-state index in [4.69, 9.17) is 5.11 Å². The summed E-state index contributed by atoms with van der Waals surface area (Å²) in [6.45, 7) is 4.29. The number of carbonyl (C=O) groups is 1. The second-order valence-corrected chi connectivity index (χ2v) is 6.40. The van der Waals surface area contributed by atoms with E-state index < -0.39 is 17.8 Å². The molecule has 1 aromatic rings. The van der Waals surface area contributed by atoms with Crippen LogP contribution in [0, 0.1) is 0 Å². The fourth-order valence-corrected chi connectivity index (χ4v) is 3.00. The summed E-state index contributed by atoms with van der Waals surface area (Å²) in [6, 6.07) is 1.10. The van der Waals surface area contributed by atoms with Gasteiger partial charge in [-0.3, -0.25) is 9.69 Å². The molecule has 2 saturated heterocycles. The minimum atomic E-state index is -4.54. The fourth-order valence-electron chi connectivity index (χ4n) is 3.00. The van der Waals surface area contributed by atoms with E-state index in [0.717, 1.165) is 12.5 Å². The highest BCUT2D eigenvalue weighted by molar-refractivity contribution is 5.69. The summed E-state index contributed by atoms with van der Waals surface area (Å²) in [6.07, 6.45) is -3.63. The first-order valence-electron chi connectivity index (χ1n) is 8.16. The van der Waals surface area contributed by atoms with Crippen LogP contribution in [0.1, 0.15) is 19.0 Å². The number of carboxylic acids is 1. The lowest BCUT2D eigenvalue weighted by Crippen LogP contribution is -2.49. The van der Waals surface area contributed by atoms with Crippen LogP contribution in [0.4, 0.5) is 24.9 Å². The Kier molecular flexibility index (Phi) is 4.72. The Bertz CT molecular complexity index is 647. The zero-order valence-corrected chi connectivity index (χ0v) is 13.8. The summed E-state index contributed by atoms with van der Waals surface area (Å²) in [7, 11) is 0. The molecule has 0 radical (unpaired) electrons. The molecule has 7 nitrogen and oxygen atoms in total. The zero-order valence-electron chi connectivity index (χ0n) is 13.8. The summed E-state index contributed by atoms with van der Waals surface area (Å²) >= 11 is 0. The Balaban J connectivity index is 1.81. The minimum Gasteiger partial charge on any atom is -0.480 e. The van der Waals surface area contributed by atoms with Gasteiger partial charge < -0.3 is 14.9 Å². The van der Waals surface area contributed by atoms with Gasteiger partial charge in [0.05, 0.1) is 6.54 Å². The van der Waals surface area contributed by atoms with Crippen molar-refractivity contribution in [1.29, 1.82) is 0 Å². The van der Waals surface area contributed by atoms with Gasteiger partial charge in [0.1, 0.15) is 5.82 Å². The molecule has 10 heteroatoms. The quantitative estimate of drug-likeness (QED) is 0.869. The Morgan fingerprint density at radius 2 is 1.92 bits per heavy atom. The maximum absolute atomic E-state index is 13.2. The third-order valence-corrected chi connectivity index (χ3v) is 4.62. The van der Waals surface area contributed by atoms with Crippen LogP contribution >= 0.6 is 0 Å². The average molecular weight is 359 g/mol. The second kappa shape index (κ2) is 6.66. The van der Waals surface area contributed by atoms with Crippen molar-refractivity contribution in [2.75, 3.05) is 49.1 Å². The standard InChI is InChI=1S/C15H20F3N5O2/c1-10-2-3-23(10)14-19-11(15(16,17)18)8-12(20-14)22-6-4-21(5-7-22)9-13(24)25/h8,10H,2-7,9H2,1H3,(H,24,25). The van der Waals surface area contributed by atoms with E-state index in [0.29, 0.717) is 32.7 Å². The Morgan fingerprint density at radius 3 is 2.40 bits per heavy atom. The van der Waals surface area contributed by atoms with Gasteiger partial charge in [-0.15, -0.1) is 0 Å². The Labute approximate surface area is 143 Å². The number of nitrogens with zero attached hydrogens (tertiary/aromatic N) is 5. The van der Waals surface area contributed by atoms with E-state index >= 15 is 0 Å². The highest BCUT2D eigenvalue weighted by atomic mass is 19.4. The number of hydrogen-bond donors (Lipinski definition) is 1. The molecular formula is C15H20F3N5O2. The predicted octanol–water partition coefficient (Wildman–Crippen LogP) is 1.30. The van der Waals surface area contributed by atoms with Crippen LogP contribution < -0.4 is 9.80 Å². The van der Waals surface area contributed by atoms with Gasteiger partial charge in [0.25, 0.3) is 0 Å². The molecule has 1 aromatic heterocycles. The van der Waals surface area contributed by atoms with Gasteiger partial charge in [-0.2, -0.15) is 18.2 Å². The van der Waals surface area contributed by atoms with Crippen LogP contribution in [0.15, 0.2) is 6.07 Å². The SMILES string of the molecule is CC1CCN1c1nc(N2CCN(CC(=O)O)CC2)cc(C(F)(F)F)n1. The number of alkyl halides is 3. The molecule has 0 amide bonds. The first-order valence-corrected chi connectivity index (χ1v) is 8.16. The molecular weight excluding hydrogens is 339 g/mol. The smallest absolute Gasteiger partial charge is 0.433 e. The van der Waals surface area contributed by atoms with Gasteiger partial charge in [0, 0.05) is 44.8 Å². The monoisotopic (exact) mass is 359 g/mol. The number of aromatic nitrogens is 2.